The second kappa shape index (κ2) is 5.28. The van der Waals surface area contributed by atoms with Crippen molar-refractivity contribution in [2.24, 2.45) is 0 Å². The van der Waals surface area contributed by atoms with Crippen LogP contribution < -0.4 is 5.32 Å². The van der Waals surface area contributed by atoms with Crippen LogP contribution in [0.2, 0.25) is 0 Å². The zero-order valence-corrected chi connectivity index (χ0v) is 11.3. The molecule has 0 saturated carbocycles. The summed E-state index contributed by atoms with van der Waals surface area (Å²) in [6.45, 7) is 0. The number of nitro benzene ring substituents is 1. The van der Waals surface area contributed by atoms with E-state index in [-0.39, 0.29) is 11.6 Å². The molecule has 0 spiro atoms. The standard InChI is InChI=1S/C11H7BrN2O3S/c12-10-5-7(6-18-10)11(15)13-8-1-3-9(4-2-8)14(16)17/h1-6H,(H,13,15). The van der Waals surface area contributed by atoms with Gasteiger partial charge in [0.05, 0.1) is 14.3 Å². The van der Waals surface area contributed by atoms with Crippen molar-refractivity contribution in [2.75, 3.05) is 5.32 Å². The smallest absolute Gasteiger partial charge is 0.269 e. The number of benzene rings is 1. The lowest BCUT2D eigenvalue weighted by Gasteiger charge is -2.02. The summed E-state index contributed by atoms with van der Waals surface area (Å²) in [5, 5.41) is 14.9. The van der Waals surface area contributed by atoms with Crippen LogP contribution in [-0.4, -0.2) is 10.8 Å². The fraction of sp³-hybridized carbons (Fsp3) is 0. The number of nitrogens with one attached hydrogen (secondary N) is 1. The third-order valence-electron chi connectivity index (χ3n) is 2.17. The average Bonchev–Trinajstić information content (AvgIpc) is 2.76. The summed E-state index contributed by atoms with van der Waals surface area (Å²) in [6.07, 6.45) is 0. The topological polar surface area (TPSA) is 72.2 Å². The van der Waals surface area contributed by atoms with Crippen molar-refractivity contribution in [3.63, 3.8) is 0 Å². The Bertz CT molecular complexity index is 595. The van der Waals surface area contributed by atoms with Crippen LogP contribution >= 0.6 is 27.3 Å². The van der Waals surface area contributed by atoms with Gasteiger partial charge in [-0.25, -0.2) is 0 Å². The van der Waals surface area contributed by atoms with E-state index in [1.165, 1.54) is 35.6 Å². The van der Waals surface area contributed by atoms with E-state index in [0.29, 0.717) is 11.3 Å². The molecule has 18 heavy (non-hydrogen) atoms. The summed E-state index contributed by atoms with van der Waals surface area (Å²) in [5.74, 6) is -0.245. The number of rotatable bonds is 3. The number of nitro groups is 1. The Morgan fingerprint density at radius 3 is 2.50 bits per heavy atom. The number of carbonyl (C=O) groups excluding carboxylic acids is 1. The van der Waals surface area contributed by atoms with Crippen molar-refractivity contribution in [3.05, 3.63) is 55.2 Å². The lowest BCUT2D eigenvalue weighted by atomic mass is 10.2. The molecule has 0 aliphatic carbocycles. The maximum Gasteiger partial charge on any atom is 0.269 e. The summed E-state index contributed by atoms with van der Waals surface area (Å²) < 4.78 is 0.872. The van der Waals surface area contributed by atoms with Gasteiger partial charge in [0, 0.05) is 23.2 Å². The summed E-state index contributed by atoms with van der Waals surface area (Å²) in [7, 11) is 0. The fourth-order valence-corrected chi connectivity index (χ4v) is 2.44. The van der Waals surface area contributed by atoms with Crippen LogP contribution in [0.3, 0.4) is 0 Å². The Balaban J connectivity index is 2.10. The Morgan fingerprint density at radius 1 is 1.33 bits per heavy atom. The molecule has 1 aromatic heterocycles. The van der Waals surface area contributed by atoms with E-state index in [4.69, 9.17) is 0 Å². The highest BCUT2D eigenvalue weighted by Crippen LogP contribution is 2.22. The quantitative estimate of drug-likeness (QED) is 0.690. The SMILES string of the molecule is O=C(Nc1ccc([N+](=O)[O-])cc1)c1csc(Br)c1. The average molecular weight is 327 g/mol. The van der Waals surface area contributed by atoms with Crippen molar-refractivity contribution in [2.45, 2.75) is 0 Å². The minimum absolute atomic E-state index is 0.00808. The second-order valence-electron chi connectivity index (χ2n) is 3.40. The second-order valence-corrected chi connectivity index (χ2v) is 5.69. The summed E-state index contributed by atoms with van der Waals surface area (Å²) in [6, 6.07) is 7.40. The first-order chi connectivity index (χ1) is 8.56. The molecule has 5 nitrogen and oxygen atoms in total. The Labute approximate surface area is 115 Å². The molecule has 0 atom stereocenters. The van der Waals surface area contributed by atoms with Crippen LogP contribution in [0.1, 0.15) is 10.4 Å². The van der Waals surface area contributed by atoms with Crippen molar-refractivity contribution in [3.8, 4) is 0 Å². The van der Waals surface area contributed by atoms with Gasteiger partial charge >= 0.3 is 0 Å². The number of non-ortho nitro benzene ring substituents is 1. The van der Waals surface area contributed by atoms with Crippen LogP contribution in [0.4, 0.5) is 11.4 Å². The Kier molecular flexibility index (Phi) is 3.73. The summed E-state index contributed by atoms with van der Waals surface area (Å²) in [5.41, 5.74) is 1.06. The van der Waals surface area contributed by atoms with Crippen LogP contribution in [0.25, 0.3) is 0 Å². The molecule has 1 N–H and O–H groups in total. The van der Waals surface area contributed by atoms with Gasteiger partial charge in [0.1, 0.15) is 0 Å². The first-order valence-electron chi connectivity index (χ1n) is 4.86. The molecule has 7 heteroatoms. The van der Waals surface area contributed by atoms with Gasteiger partial charge in [-0.1, -0.05) is 0 Å². The van der Waals surface area contributed by atoms with Gasteiger partial charge in [-0.05, 0) is 34.1 Å². The molecule has 2 aromatic rings. The maximum absolute atomic E-state index is 11.8. The minimum atomic E-state index is -0.485. The molecule has 0 aliphatic heterocycles. The van der Waals surface area contributed by atoms with Gasteiger partial charge in [0.25, 0.3) is 11.6 Å². The molecule has 0 radical (unpaired) electrons. The highest BCUT2D eigenvalue weighted by molar-refractivity contribution is 9.11. The van der Waals surface area contributed by atoms with Crippen LogP contribution in [-0.2, 0) is 0 Å². The highest BCUT2D eigenvalue weighted by atomic mass is 79.9. The zero-order valence-electron chi connectivity index (χ0n) is 8.92. The molecule has 0 fully saturated rings. The lowest BCUT2D eigenvalue weighted by Crippen LogP contribution is -2.10. The van der Waals surface area contributed by atoms with Gasteiger partial charge in [-0.3, -0.25) is 14.9 Å². The third-order valence-corrected chi connectivity index (χ3v) is 3.67. The number of hydrogen-bond donors (Lipinski definition) is 1. The third kappa shape index (κ3) is 2.93. The van der Waals surface area contributed by atoms with E-state index in [1.807, 2.05) is 0 Å². The summed E-state index contributed by atoms with van der Waals surface area (Å²) >= 11 is 4.69. The van der Waals surface area contributed by atoms with Crippen molar-refractivity contribution in [1.82, 2.24) is 0 Å². The van der Waals surface area contributed by atoms with Crippen LogP contribution in [0.5, 0.6) is 0 Å². The first kappa shape index (κ1) is 12.7. The zero-order chi connectivity index (χ0) is 13.1. The predicted octanol–water partition coefficient (Wildman–Crippen LogP) is 3.67. The van der Waals surface area contributed by atoms with E-state index < -0.39 is 4.92 Å². The molecular weight excluding hydrogens is 320 g/mol. The van der Waals surface area contributed by atoms with Gasteiger partial charge < -0.3 is 5.32 Å². The fourth-order valence-electron chi connectivity index (χ4n) is 1.30. The summed E-state index contributed by atoms with van der Waals surface area (Å²) in [4.78, 5) is 21.8. The number of hydrogen-bond acceptors (Lipinski definition) is 4. The van der Waals surface area contributed by atoms with E-state index in [2.05, 4.69) is 21.2 Å². The minimum Gasteiger partial charge on any atom is -0.322 e. The largest absolute Gasteiger partial charge is 0.322 e. The van der Waals surface area contributed by atoms with Gasteiger partial charge in [-0.15, -0.1) is 11.3 Å². The molecule has 1 heterocycles. The van der Waals surface area contributed by atoms with Crippen molar-refractivity contribution < 1.29 is 9.72 Å². The molecule has 1 amide bonds. The molecule has 92 valence electrons. The first-order valence-corrected chi connectivity index (χ1v) is 6.53. The number of amides is 1. The lowest BCUT2D eigenvalue weighted by molar-refractivity contribution is -0.384. The molecular formula is C11H7BrN2O3S. The maximum atomic E-state index is 11.8. The molecule has 2 rings (SSSR count). The molecule has 1 aromatic carbocycles. The monoisotopic (exact) mass is 326 g/mol. The molecule has 0 aliphatic rings. The molecule has 0 unspecified atom stereocenters. The molecule has 0 bridgehead atoms. The highest BCUT2D eigenvalue weighted by Gasteiger charge is 2.09. The number of thiophene rings is 1. The Morgan fingerprint density at radius 2 is 2.00 bits per heavy atom. The number of nitrogens with zero attached hydrogens (tertiary/aromatic N) is 1. The number of carbonyl (C=O) groups is 1. The predicted molar refractivity (Wildman–Crippen MR) is 73.1 cm³/mol. The van der Waals surface area contributed by atoms with Crippen molar-refractivity contribution >= 4 is 44.5 Å². The van der Waals surface area contributed by atoms with Crippen LogP contribution in [0, 0.1) is 10.1 Å². The number of anilines is 1. The van der Waals surface area contributed by atoms with E-state index in [9.17, 15) is 14.9 Å². The van der Waals surface area contributed by atoms with Gasteiger partial charge in [-0.2, -0.15) is 0 Å². The van der Waals surface area contributed by atoms with Crippen LogP contribution in [0.15, 0.2) is 39.5 Å². The molecule has 0 saturated heterocycles. The Hall–Kier alpha value is -1.73. The van der Waals surface area contributed by atoms with Gasteiger partial charge in [0.15, 0.2) is 0 Å². The van der Waals surface area contributed by atoms with Crippen molar-refractivity contribution in [1.29, 1.82) is 0 Å². The van der Waals surface area contributed by atoms with E-state index >= 15 is 0 Å². The van der Waals surface area contributed by atoms with E-state index in [1.54, 1.807) is 11.4 Å². The van der Waals surface area contributed by atoms with Gasteiger partial charge in [0.2, 0.25) is 0 Å². The normalized spacial score (nSPS) is 10.1. The van der Waals surface area contributed by atoms with E-state index in [0.717, 1.165) is 3.79 Å². The number of halogens is 1.